The highest BCUT2D eigenvalue weighted by molar-refractivity contribution is 6.32. The maximum absolute atomic E-state index is 6.50. The van der Waals surface area contributed by atoms with Crippen molar-refractivity contribution < 1.29 is 0 Å². The van der Waals surface area contributed by atoms with Gasteiger partial charge in [-0.2, -0.15) is 0 Å². The number of benzene rings is 2. The summed E-state index contributed by atoms with van der Waals surface area (Å²) < 4.78 is 2.05. The van der Waals surface area contributed by atoms with Gasteiger partial charge in [-0.1, -0.05) is 72.3 Å². The maximum Gasteiger partial charge on any atom is 0.154 e. The Morgan fingerprint density at radius 3 is 2.55 bits per heavy atom. The molecule has 0 amide bonds. The summed E-state index contributed by atoms with van der Waals surface area (Å²) in [5, 5.41) is 1.58. The zero-order chi connectivity index (χ0) is 20.9. The van der Waals surface area contributed by atoms with E-state index in [2.05, 4.69) is 54.0 Å². The first-order valence-corrected chi connectivity index (χ1v) is 10.7. The van der Waals surface area contributed by atoms with Crippen molar-refractivity contribution in [3.8, 4) is 22.6 Å². The molecule has 3 aromatic heterocycles. The Kier molecular flexibility index (Phi) is 4.15. The second kappa shape index (κ2) is 7.03. The summed E-state index contributed by atoms with van der Waals surface area (Å²) in [6.07, 6.45) is 5.56. The van der Waals surface area contributed by atoms with E-state index in [-0.39, 0.29) is 0 Å². The van der Waals surface area contributed by atoms with Crippen LogP contribution >= 0.6 is 11.6 Å². The Labute approximate surface area is 184 Å². The number of hydrogen-bond acceptors (Lipinski definition) is 3. The van der Waals surface area contributed by atoms with Crippen LogP contribution < -0.4 is 0 Å². The summed E-state index contributed by atoms with van der Waals surface area (Å²) in [4.78, 5) is 14.3. The van der Waals surface area contributed by atoms with Crippen LogP contribution in [0.5, 0.6) is 0 Å². The van der Waals surface area contributed by atoms with Gasteiger partial charge in [0.2, 0.25) is 0 Å². The van der Waals surface area contributed by atoms with E-state index in [0.717, 1.165) is 57.6 Å². The van der Waals surface area contributed by atoms with Crippen LogP contribution in [0, 0.1) is 0 Å². The number of allylic oxidation sites excluding steroid dienone is 1. The second-order valence-electron chi connectivity index (χ2n) is 8.08. The molecule has 2 aromatic carbocycles. The number of halogens is 1. The molecule has 3 heterocycles. The smallest absolute Gasteiger partial charge is 0.154 e. The third kappa shape index (κ3) is 3.03. The van der Waals surface area contributed by atoms with E-state index in [4.69, 9.17) is 21.6 Å². The van der Waals surface area contributed by atoms with Gasteiger partial charge in [0, 0.05) is 34.8 Å². The summed E-state index contributed by atoms with van der Waals surface area (Å²) in [5.74, 6) is 1.21. The van der Waals surface area contributed by atoms with Gasteiger partial charge in [0.15, 0.2) is 5.15 Å². The lowest BCUT2D eigenvalue weighted by molar-refractivity contribution is 0.545. The number of rotatable bonds is 3. The first-order valence-electron chi connectivity index (χ1n) is 10.3. The molecule has 0 radical (unpaired) electrons. The summed E-state index contributed by atoms with van der Waals surface area (Å²) >= 11 is 6.50. The highest BCUT2D eigenvalue weighted by atomic mass is 35.5. The van der Waals surface area contributed by atoms with E-state index in [1.807, 2.05) is 28.8 Å². The minimum Gasteiger partial charge on any atom is -0.295 e. The van der Waals surface area contributed by atoms with Crippen molar-refractivity contribution >= 4 is 28.0 Å². The van der Waals surface area contributed by atoms with Crippen LogP contribution in [0.2, 0.25) is 5.15 Å². The lowest BCUT2D eigenvalue weighted by Crippen LogP contribution is -2.12. The fourth-order valence-electron chi connectivity index (χ4n) is 4.37. The van der Waals surface area contributed by atoms with E-state index in [1.54, 1.807) is 6.20 Å². The molecule has 1 aliphatic carbocycles. The zero-order valence-corrected chi connectivity index (χ0v) is 17.5. The molecule has 6 rings (SSSR count). The second-order valence-corrected chi connectivity index (χ2v) is 8.44. The minimum absolute atomic E-state index is 0.348. The molecule has 0 spiro atoms. The average Bonchev–Trinajstić information content (AvgIpc) is 3.17. The van der Waals surface area contributed by atoms with Crippen molar-refractivity contribution in [2.75, 3.05) is 0 Å². The summed E-state index contributed by atoms with van der Waals surface area (Å²) in [7, 11) is 0. The molecular weight excluding hydrogens is 404 g/mol. The zero-order valence-electron chi connectivity index (χ0n) is 16.8. The molecule has 0 bridgehead atoms. The van der Waals surface area contributed by atoms with Gasteiger partial charge in [0.1, 0.15) is 11.3 Å². The molecule has 1 saturated carbocycles. The number of imidazole rings is 1. The number of nitrogens with zero attached hydrogens (tertiary/aromatic N) is 4. The van der Waals surface area contributed by atoms with Gasteiger partial charge in [0.05, 0.1) is 16.9 Å². The van der Waals surface area contributed by atoms with E-state index in [0.29, 0.717) is 11.1 Å². The molecule has 0 unspecified atom stereocenters. The number of fused-ring (bicyclic) bond motifs is 2. The predicted molar refractivity (Wildman–Crippen MR) is 125 cm³/mol. The molecule has 4 nitrogen and oxygen atoms in total. The van der Waals surface area contributed by atoms with Crippen molar-refractivity contribution in [2.24, 2.45) is 0 Å². The molecule has 0 aliphatic heterocycles. The van der Waals surface area contributed by atoms with Crippen LogP contribution in [0.4, 0.5) is 0 Å². The Morgan fingerprint density at radius 1 is 0.935 bits per heavy atom. The standard InChI is InChI=1S/C26H19ClN4/c1-16-13-20(14-16)23-24-25(27)28-11-12-31(24)26(30-23)19-8-7-18-9-10-21(29-22(18)15-19)17-5-3-2-4-6-17/h2-12,15,20H,1,13-14H2. The van der Waals surface area contributed by atoms with Crippen molar-refractivity contribution in [3.05, 3.63) is 96.1 Å². The first kappa shape index (κ1) is 18.3. The molecule has 0 saturated heterocycles. The van der Waals surface area contributed by atoms with Crippen LogP contribution in [0.25, 0.3) is 39.1 Å². The number of pyridine rings is 1. The quantitative estimate of drug-likeness (QED) is 0.304. The van der Waals surface area contributed by atoms with Gasteiger partial charge in [-0.15, -0.1) is 0 Å². The van der Waals surface area contributed by atoms with Crippen molar-refractivity contribution in [1.29, 1.82) is 0 Å². The minimum atomic E-state index is 0.348. The molecular formula is C26H19ClN4. The highest BCUT2D eigenvalue weighted by Crippen LogP contribution is 2.43. The van der Waals surface area contributed by atoms with Crippen LogP contribution in [-0.2, 0) is 0 Å². The third-order valence-electron chi connectivity index (χ3n) is 6.01. The lowest BCUT2D eigenvalue weighted by atomic mass is 9.79. The Balaban J connectivity index is 1.52. The highest BCUT2D eigenvalue weighted by Gasteiger charge is 2.29. The Morgan fingerprint density at radius 2 is 1.74 bits per heavy atom. The average molecular weight is 423 g/mol. The van der Waals surface area contributed by atoms with Crippen LogP contribution in [0.3, 0.4) is 0 Å². The van der Waals surface area contributed by atoms with E-state index in [1.165, 1.54) is 5.57 Å². The largest absolute Gasteiger partial charge is 0.295 e. The number of aromatic nitrogens is 4. The summed E-state index contributed by atoms with van der Waals surface area (Å²) in [6, 6.07) is 20.7. The van der Waals surface area contributed by atoms with Gasteiger partial charge in [-0.25, -0.2) is 15.0 Å². The molecule has 0 atom stereocenters. The Hall–Kier alpha value is -3.50. The molecule has 1 fully saturated rings. The van der Waals surface area contributed by atoms with Crippen LogP contribution in [0.15, 0.2) is 85.2 Å². The van der Waals surface area contributed by atoms with Gasteiger partial charge in [0.25, 0.3) is 0 Å². The fraction of sp³-hybridized carbons (Fsp3) is 0.115. The van der Waals surface area contributed by atoms with E-state index >= 15 is 0 Å². The van der Waals surface area contributed by atoms with Gasteiger partial charge in [-0.05, 0) is 25.0 Å². The van der Waals surface area contributed by atoms with Crippen LogP contribution in [0.1, 0.15) is 24.5 Å². The van der Waals surface area contributed by atoms with Gasteiger partial charge in [-0.3, -0.25) is 4.40 Å². The SMILES string of the molecule is C=C1CC(c2nc(-c3ccc4ccc(-c5ccccc5)nc4c3)n3ccnc(Cl)c23)C1. The topological polar surface area (TPSA) is 43.1 Å². The van der Waals surface area contributed by atoms with Crippen molar-refractivity contribution in [1.82, 2.24) is 19.4 Å². The molecule has 31 heavy (non-hydrogen) atoms. The normalized spacial score (nSPS) is 14.3. The Bertz CT molecular complexity index is 1460. The van der Waals surface area contributed by atoms with Crippen molar-refractivity contribution in [3.63, 3.8) is 0 Å². The number of hydrogen-bond donors (Lipinski definition) is 0. The molecule has 0 N–H and O–H groups in total. The van der Waals surface area contributed by atoms with Gasteiger partial charge >= 0.3 is 0 Å². The van der Waals surface area contributed by atoms with E-state index in [9.17, 15) is 0 Å². The maximum atomic E-state index is 6.50. The first-order chi connectivity index (χ1) is 15.2. The fourth-order valence-corrected chi connectivity index (χ4v) is 4.62. The molecule has 1 aliphatic rings. The van der Waals surface area contributed by atoms with Crippen LogP contribution in [-0.4, -0.2) is 19.4 Å². The van der Waals surface area contributed by atoms with E-state index < -0.39 is 0 Å². The summed E-state index contributed by atoms with van der Waals surface area (Å²) in [5.41, 5.74) is 7.16. The third-order valence-corrected chi connectivity index (χ3v) is 6.29. The van der Waals surface area contributed by atoms with Crippen molar-refractivity contribution in [2.45, 2.75) is 18.8 Å². The molecule has 5 aromatic rings. The predicted octanol–water partition coefficient (Wildman–Crippen LogP) is 6.70. The summed E-state index contributed by atoms with van der Waals surface area (Å²) in [6.45, 7) is 4.08. The van der Waals surface area contributed by atoms with Gasteiger partial charge < -0.3 is 0 Å². The molecule has 150 valence electrons. The lowest BCUT2D eigenvalue weighted by Gasteiger charge is -2.26. The monoisotopic (exact) mass is 422 g/mol. The molecule has 5 heteroatoms.